The summed E-state index contributed by atoms with van der Waals surface area (Å²) in [6.07, 6.45) is 5.51. The molecule has 0 spiro atoms. The van der Waals surface area contributed by atoms with Crippen LogP contribution in [0.4, 0.5) is 0 Å². The number of hydrogen-bond donors (Lipinski definition) is 2. The van der Waals surface area contributed by atoms with E-state index in [1.54, 1.807) is 0 Å². The lowest BCUT2D eigenvalue weighted by molar-refractivity contribution is -0.132. The number of hydrogen-bond acceptors (Lipinski definition) is 3. The minimum Gasteiger partial charge on any atom is -0.392 e. The Bertz CT molecular complexity index is 347. The Morgan fingerprint density at radius 1 is 1.37 bits per heavy atom. The molecule has 0 atom stereocenters. The van der Waals surface area contributed by atoms with Gasteiger partial charge in [-0.05, 0) is 44.7 Å². The smallest absolute Gasteiger partial charge is 0.233 e. The average Bonchev–Trinajstić information content (AvgIpc) is 2.35. The zero-order valence-electron chi connectivity index (χ0n) is 11.8. The van der Waals surface area contributed by atoms with Gasteiger partial charge in [0.2, 0.25) is 5.91 Å². The quantitative estimate of drug-likeness (QED) is 0.747. The van der Waals surface area contributed by atoms with Gasteiger partial charge in [-0.3, -0.25) is 4.79 Å². The van der Waals surface area contributed by atoms with Gasteiger partial charge in [-0.1, -0.05) is 25.6 Å². The minimum absolute atomic E-state index is 0.0371. The van der Waals surface area contributed by atoms with Gasteiger partial charge in [0.15, 0.2) is 0 Å². The van der Waals surface area contributed by atoms with Crippen LogP contribution in [-0.4, -0.2) is 42.0 Å². The zero-order valence-corrected chi connectivity index (χ0v) is 12.6. The lowest BCUT2D eigenvalue weighted by Crippen LogP contribution is -2.56. The van der Waals surface area contributed by atoms with E-state index in [2.05, 4.69) is 17.1 Å². The van der Waals surface area contributed by atoms with Crippen LogP contribution in [0.3, 0.4) is 0 Å². The van der Waals surface area contributed by atoms with Crippen LogP contribution in [0.2, 0.25) is 0 Å². The molecule has 108 valence electrons. The number of amides is 1. The Hall–Kier alpha value is -0.680. The standard InChI is InChI=1S/C14H25N3OS/c1-11-9-14(10-11,12(15)19)13(18)16-5-8-17-6-3-2-4-7-17/h11H,2-10H2,1H3,(H2,15,19)(H,16,18). The van der Waals surface area contributed by atoms with Crippen molar-refractivity contribution in [1.29, 1.82) is 0 Å². The topological polar surface area (TPSA) is 58.4 Å². The summed E-state index contributed by atoms with van der Waals surface area (Å²) >= 11 is 5.09. The van der Waals surface area contributed by atoms with Gasteiger partial charge in [0.25, 0.3) is 0 Å². The highest BCUT2D eigenvalue weighted by Gasteiger charge is 2.50. The van der Waals surface area contributed by atoms with Crippen LogP contribution < -0.4 is 11.1 Å². The second-order valence-electron chi connectivity index (χ2n) is 6.12. The molecule has 1 aliphatic carbocycles. The van der Waals surface area contributed by atoms with E-state index >= 15 is 0 Å². The molecule has 1 amide bonds. The molecule has 19 heavy (non-hydrogen) atoms. The number of nitrogens with two attached hydrogens (primary N) is 1. The van der Waals surface area contributed by atoms with Gasteiger partial charge in [0, 0.05) is 13.1 Å². The molecule has 4 nitrogen and oxygen atoms in total. The number of piperidine rings is 1. The van der Waals surface area contributed by atoms with Gasteiger partial charge in [-0.15, -0.1) is 0 Å². The molecule has 1 saturated heterocycles. The van der Waals surface area contributed by atoms with Gasteiger partial charge in [0.1, 0.15) is 0 Å². The molecule has 2 rings (SSSR count). The lowest BCUT2D eigenvalue weighted by Gasteiger charge is -2.44. The highest BCUT2D eigenvalue weighted by atomic mass is 32.1. The maximum Gasteiger partial charge on any atom is 0.233 e. The van der Waals surface area contributed by atoms with Crippen molar-refractivity contribution < 1.29 is 4.79 Å². The Balaban J connectivity index is 1.75. The van der Waals surface area contributed by atoms with Crippen molar-refractivity contribution in [2.24, 2.45) is 17.1 Å². The highest BCUT2D eigenvalue weighted by Crippen LogP contribution is 2.45. The van der Waals surface area contributed by atoms with Gasteiger partial charge in [0.05, 0.1) is 10.4 Å². The SMILES string of the molecule is CC1CC(C(=O)NCCN2CCCCC2)(C(N)=S)C1. The molecule has 2 fully saturated rings. The van der Waals surface area contributed by atoms with Gasteiger partial charge in [-0.2, -0.15) is 0 Å². The summed E-state index contributed by atoms with van der Waals surface area (Å²) in [5.41, 5.74) is 5.21. The first-order chi connectivity index (χ1) is 9.04. The Labute approximate surface area is 121 Å². The first-order valence-electron chi connectivity index (χ1n) is 7.35. The van der Waals surface area contributed by atoms with Crippen molar-refractivity contribution in [1.82, 2.24) is 10.2 Å². The van der Waals surface area contributed by atoms with Crippen LogP contribution in [0.25, 0.3) is 0 Å². The molecular formula is C14H25N3OS. The number of carbonyl (C=O) groups is 1. The highest BCUT2D eigenvalue weighted by molar-refractivity contribution is 7.80. The van der Waals surface area contributed by atoms with E-state index in [9.17, 15) is 4.79 Å². The third-order valence-corrected chi connectivity index (χ3v) is 4.85. The third-order valence-electron chi connectivity index (χ3n) is 4.46. The number of nitrogens with one attached hydrogen (secondary N) is 1. The fraction of sp³-hybridized carbons (Fsp3) is 0.857. The molecule has 0 aromatic carbocycles. The third kappa shape index (κ3) is 3.26. The Kier molecular flexibility index (Phi) is 4.79. The Morgan fingerprint density at radius 3 is 2.53 bits per heavy atom. The largest absolute Gasteiger partial charge is 0.392 e. The predicted molar refractivity (Wildman–Crippen MR) is 80.9 cm³/mol. The minimum atomic E-state index is -0.559. The van der Waals surface area contributed by atoms with Crippen molar-refractivity contribution in [3.05, 3.63) is 0 Å². The second kappa shape index (κ2) is 6.18. The van der Waals surface area contributed by atoms with E-state index in [1.807, 2.05) is 0 Å². The second-order valence-corrected chi connectivity index (χ2v) is 6.56. The number of rotatable bonds is 5. The van der Waals surface area contributed by atoms with Crippen molar-refractivity contribution in [3.8, 4) is 0 Å². The van der Waals surface area contributed by atoms with E-state index in [1.165, 1.54) is 19.3 Å². The van der Waals surface area contributed by atoms with Crippen molar-refractivity contribution >= 4 is 23.1 Å². The molecule has 0 unspecified atom stereocenters. The number of carbonyl (C=O) groups excluding carboxylic acids is 1. The van der Waals surface area contributed by atoms with Crippen LogP contribution in [0.5, 0.6) is 0 Å². The first-order valence-corrected chi connectivity index (χ1v) is 7.76. The van der Waals surface area contributed by atoms with Crippen LogP contribution >= 0.6 is 12.2 Å². The van der Waals surface area contributed by atoms with Gasteiger partial charge in [-0.25, -0.2) is 0 Å². The van der Waals surface area contributed by atoms with Gasteiger partial charge >= 0.3 is 0 Å². The van der Waals surface area contributed by atoms with Gasteiger partial charge < -0.3 is 16.0 Å². The lowest BCUT2D eigenvalue weighted by atomic mass is 9.62. The van der Waals surface area contributed by atoms with Crippen LogP contribution in [-0.2, 0) is 4.79 Å². The maximum atomic E-state index is 12.3. The van der Waals surface area contributed by atoms with E-state index < -0.39 is 5.41 Å². The van der Waals surface area contributed by atoms with Crippen LogP contribution in [0.15, 0.2) is 0 Å². The molecule has 3 N–H and O–H groups in total. The monoisotopic (exact) mass is 283 g/mol. The fourth-order valence-corrected chi connectivity index (χ4v) is 3.57. The molecule has 5 heteroatoms. The van der Waals surface area contributed by atoms with E-state index in [0.717, 1.165) is 32.5 Å². The molecule has 0 aromatic rings. The summed E-state index contributed by atoms with van der Waals surface area (Å²) in [5, 5.41) is 3.03. The van der Waals surface area contributed by atoms with Crippen molar-refractivity contribution in [3.63, 3.8) is 0 Å². The molecule has 0 radical (unpaired) electrons. The van der Waals surface area contributed by atoms with Crippen molar-refractivity contribution in [2.75, 3.05) is 26.2 Å². The van der Waals surface area contributed by atoms with E-state index in [-0.39, 0.29) is 5.91 Å². The summed E-state index contributed by atoms with van der Waals surface area (Å²) in [5.74, 6) is 0.587. The van der Waals surface area contributed by atoms with Crippen LogP contribution in [0.1, 0.15) is 39.0 Å². The summed E-state index contributed by atoms with van der Waals surface area (Å²) in [7, 11) is 0. The summed E-state index contributed by atoms with van der Waals surface area (Å²) in [6, 6.07) is 0. The fourth-order valence-electron chi connectivity index (χ4n) is 3.31. The summed E-state index contributed by atoms with van der Waals surface area (Å²) < 4.78 is 0. The number of nitrogens with zero attached hydrogens (tertiary/aromatic N) is 1. The normalized spacial score (nSPS) is 31.5. The Morgan fingerprint density at radius 2 is 2.00 bits per heavy atom. The molecule has 0 aromatic heterocycles. The predicted octanol–water partition coefficient (Wildman–Crippen LogP) is 1.29. The number of thiocarbonyl (C=S) groups is 1. The van der Waals surface area contributed by atoms with Crippen LogP contribution in [0, 0.1) is 11.3 Å². The average molecular weight is 283 g/mol. The molecular weight excluding hydrogens is 258 g/mol. The maximum absolute atomic E-state index is 12.3. The van der Waals surface area contributed by atoms with Crippen molar-refractivity contribution in [2.45, 2.75) is 39.0 Å². The molecule has 0 bridgehead atoms. The summed E-state index contributed by atoms with van der Waals surface area (Å²) in [6.45, 7) is 6.10. The molecule has 1 aliphatic heterocycles. The number of likely N-dealkylation sites (tertiary alicyclic amines) is 1. The van der Waals surface area contributed by atoms with E-state index in [4.69, 9.17) is 18.0 Å². The first kappa shape index (κ1) is 14.7. The molecule has 2 aliphatic rings. The zero-order chi connectivity index (χ0) is 13.9. The molecule has 1 heterocycles. The molecule has 1 saturated carbocycles. The summed E-state index contributed by atoms with van der Waals surface area (Å²) in [4.78, 5) is 15.1. The van der Waals surface area contributed by atoms with E-state index in [0.29, 0.717) is 17.5 Å².